The second kappa shape index (κ2) is 3.91. The van der Waals surface area contributed by atoms with Gasteiger partial charge in [-0.2, -0.15) is 0 Å². The molecule has 0 amide bonds. The maximum Gasteiger partial charge on any atom is 0.324 e. The summed E-state index contributed by atoms with van der Waals surface area (Å²) in [5.74, 6) is -0.889. The van der Waals surface area contributed by atoms with Crippen molar-refractivity contribution in [1.82, 2.24) is 0 Å². The van der Waals surface area contributed by atoms with Crippen LogP contribution in [0.2, 0.25) is 0 Å². The molecular formula is C13H17NO2. The molecule has 0 spiro atoms. The van der Waals surface area contributed by atoms with Gasteiger partial charge in [-0.05, 0) is 36.0 Å². The number of fused-ring (bicyclic) bond motifs is 1. The first-order valence-corrected chi connectivity index (χ1v) is 5.69. The van der Waals surface area contributed by atoms with E-state index >= 15 is 0 Å². The molecule has 0 unspecified atom stereocenters. The van der Waals surface area contributed by atoms with E-state index in [0.29, 0.717) is 12.8 Å². The van der Waals surface area contributed by atoms with E-state index in [2.05, 4.69) is 13.0 Å². The summed E-state index contributed by atoms with van der Waals surface area (Å²) >= 11 is 0. The topological polar surface area (TPSA) is 63.3 Å². The molecule has 16 heavy (non-hydrogen) atoms. The average Bonchev–Trinajstić information content (AvgIpc) is 2.27. The zero-order valence-corrected chi connectivity index (χ0v) is 9.49. The van der Waals surface area contributed by atoms with Gasteiger partial charge in [-0.15, -0.1) is 0 Å². The van der Waals surface area contributed by atoms with Gasteiger partial charge >= 0.3 is 5.97 Å². The number of benzene rings is 1. The Bertz CT molecular complexity index is 428. The van der Waals surface area contributed by atoms with Crippen molar-refractivity contribution in [3.05, 3.63) is 34.9 Å². The minimum atomic E-state index is -1.07. The molecule has 86 valence electrons. The van der Waals surface area contributed by atoms with Crippen molar-refractivity contribution in [3.8, 4) is 0 Å². The lowest BCUT2D eigenvalue weighted by Gasteiger charge is -2.31. The van der Waals surface area contributed by atoms with Crippen molar-refractivity contribution in [1.29, 1.82) is 0 Å². The van der Waals surface area contributed by atoms with Crippen molar-refractivity contribution in [2.24, 2.45) is 5.73 Å². The number of aliphatic carboxylic acids is 1. The van der Waals surface area contributed by atoms with Crippen molar-refractivity contribution < 1.29 is 9.90 Å². The molecule has 2 rings (SSSR count). The predicted octanol–water partition coefficient (Wildman–Crippen LogP) is 1.52. The van der Waals surface area contributed by atoms with Crippen molar-refractivity contribution in [2.45, 2.75) is 38.1 Å². The van der Waals surface area contributed by atoms with Crippen LogP contribution in [0.5, 0.6) is 0 Å². The lowest BCUT2D eigenvalue weighted by Crippen LogP contribution is -2.52. The molecule has 1 aliphatic carbocycles. The van der Waals surface area contributed by atoms with Crippen LogP contribution in [0.3, 0.4) is 0 Å². The molecule has 3 nitrogen and oxygen atoms in total. The summed E-state index contributed by atoms with van der Waals surface area (Å²) < 4.78 is 0. The smallest absolute Gasteiger partial charge is 0.324 e. The van der Waals surface area contributed by atoms with E-state index in [1.165, 1.54) is 11.1 Å². The number of aryl methyl sites for hydroxylation is 1. The highest BCUT2D eigenvalue weighted by Crippen LogP contribution is 2.29. The van der Waals surface area contributed by atoms with Gasteiger partial charge in [0.2, 0.25) is 0 Å². The maximum absolute atomic E-state index is 11.1. The molecule has 0 aromatic heterocycles. The van der Waals surface area contributed by atoms with Gasteiger partial charge in [0.15, 0.2) is 0 Å². The fourth-order valence-electron chi connectivity index (χ4n) is 2.46. The molecule has 1 aliphatic rings. The largest absolute Gasteiger partial charge is 0.480 e. The molecule has 1 aromatic rings. The molecule has 0 aliphatic heterocycles. The lowest BCUT2D eigenvalue weighted by molar-refractivity contribution is -0.143. The van der Waals surface area contributed by atoms with Gasteiger partial charge in [-0.25, -0.2) is 0 Å². The second-order valence-corrected chi connectivity index (χ2v) is 4.55. The van der Waals surface area contributed by atoms with Crippen LogP contribution in [0.25, 0.3) is 0 Å². The Morgan fingerprint density at radius 1 is 1.56 bits per heavy atom. The van der Waals surface area contributed by atoms with Gasteiger partial charge in [-0.1, -0.05) is 25.1 Å². The summed E-state index contributed by atoms with van der Waals surface area (Å²) in [7, 11) is 0. The number of hydrogen-bond donors (Lipinski definition) is 2. The Kier molecular flexibility index (Phi) is 2.72. The molecule has 0 radical (unpaired) electrons. The molecule has 0 bridgehead atoms. The van der Waals surface area contributed by atoms with Crippen LogP contribution in [-0.2, 0) is 24.1 Å². The highest BCUT2D eigenvalue weighted by Gasteiger charge is 2.37. The van der Waals surface area contributed by atoms with E-state index in [-0.39, 0.29) is 0 Å². The third kappa shape index (κ3) is 1.71. The van der Waals surface area contributed by atoms with Gasteiger partial charge in [0.05, 0.1) is 0 Å². The first-order chi connectivity index (χ1) is 7.57. The minimum absolute atomic E-state index is 0.450. The number of carboxylic acid groups (broad SMARTS) is 1. The fourth-order valence-corrected chi connectivity index (χ4v) is 2.46. The summed E-state index contributed by atoms with van der Waals surface area (Å²) in [4.78, 5) is 11.1. The van der Waals surface area contributed by atoms with Gasteiger partial charge in [0.1, 0.15) is 5.54 Å². The summed E-state index contributed by atoms with van der Waals surface area (Å²) in [6.07, 6.45) is 2.76. The van der Waals surface area contributed by atoms with Crippen LogP contribution in [0.4, 0.5) is 0 Å². The molecule has 3 heteroatoms. The van der Waals surface area contributed by atoms with E-state index < -0.39 is 11.5 Å². The zero-order chi connectivity index (χ0) is 11.8. The van der Waals surface area contributed by atoms with E-state index in [1.54, 1.807) is 0 Å². The summed E-state index contributed by atoms with van der Waals surface area (Å²) in [5.41, 5.74) is 8.58. The average molecular weight is 219 g/mol. The SMILES string of the molecule is CCc1cccc2c1CC[C@](N)(C(=O)O)C2. The number of rotatable bonds is 2. The maximum atomic E-state index is 11.1. The van der Waals surface area contributed by atoms with Crippen LogP contribution in [0.1, 0.15) is 30.0 Å². The van der Waals surface area contributed by atoms with Crippen LogP contribution < -0.4 is 5.73 Å². The molecule has 0 heterocycles. The molecule has 1 atom stereocenters. The molecule has 1 aromatic carbocycles. The van der Waals surface area contributed by atoms with Gasteiger partial charge < -0.3 is 10.8 Å². The third-order valence-electron chi connectivity index (χ3n) is 3.50. The standard InChI is InChI=1S/C13H17NO2/c1-2-9-4-3-5-10-8-13(14,12(15)16)7-6-11(9)10/h3-5H,2,6-8,14H2,1H3,(H,15,16)/t13-/m1/s1. The number of hydrogen-bond acceptors (Lipinski definition) is 2. The van der Waals surface area contributed by atoms with Gasteiger partial charge in [0, 0.05) is 6.42 Å². The Labute approximate surface area is 95.3 Å². The Morgan fingerprint density at radius 2 is 2.31 bits per heavy atom. The molecule has 0 saturated carbocycles. The van der Waals surface area contributed by atoms with E-state index in [1.807, 2.05) is 12.1 Å². The van der Waals surface area contributed by atoms with Crippen LogP contribution in [0, 0.1) is 0 Å². The number of nitrogens with two attached hydrogens (primary N) is 1. The summed E-state index contributed by atoms with van der Waals surface area (Å²) in [6, 6.07) is 6.10. The zero-order valence-electron chi connectivity index (χ0n) is 9.49. The monoisotopic (exact) mass is 219 g/mol. The van der Waals surface area contributed by atoms with Crippen LogP contribution in [-0.4, -0.2) is 16.6 Å². The van der Waals surface area contributed by atoms with Gasteiger partial charge in [-0.3, -0.25) is 4.79 Å². The first kappa shape index (κ1) is 11.1. The Hall–Kier alpha value is -1.35. The highest BCUT2D eigenvalue weighted by atomic mass is 16.4. The quantitative estimate of drug-likeness (QED) is 0.792. The third-order valence-corrected chi connectivity index (χ3v) is 3.50. The molecular weight excluding hydrogens is 202 g/mol. The first-order valence-electron chi connectivity index (χ1n) is 5.69. The van der Waals surface area contributed by atoms with E-state index in [0.717, 1.165) is 18.4 Å². The Balaban J connectivity index is 2.39. The molecule has 0 saturated heterocycles. The summed E-state index contributed by atoms with van der Waals surface area (Å²) in [5, 5.41) is 9.12. The predicted molar refractivity (Wildman–Crippen MR) is 62.4 cm³/mol. The molecule has 0 fully saturated rings. The second-order valence-electron chi connectivity index (χ2n) is 4.55. The normalized spacial score (nSPS) is 23.9. The Morgan fingerprint density at radius 3 is 2.94 bits per heavy atom. The number of carboxylic acids is 1. The lowest BCUT2D eigenvalue weighted by atomic mass is 9.77. The number of carbonyl (C=O) groups is 1. The van der Waals surface area contributed by atoms with Gasteiger partial charge in [0.25, 0.3) is 0 Å². The van der Waals surface area contributed by atoms with Crippen LogP contribution in [0.15, 0.2) is 18.2 Å². The van der Waals surface area contributed by atoms with Crippen LogP contribution >= 0.6 is 0 Å². The molecule has 3 N–H and O–H groups in total. The fraction of sp³-hybridized carbons (Fsp3) is 0.462. The summed E-state index contributed by atoms with van der Waals surface area (Å²) in [6.45, 7) is 2.12. The van der Waals surface area contributed by atoms with Crippen molar-refractivity contribution >= 4 is 5.97 Å². The minimum Gasteiger partial charge on any atom is -0.480 e. The van der Waals surface area contributed by atoms with Crippen molar-refractivity contribution in [2.75, 3.05) is 0 Å². The van der Waals surface area contributed by atoms with Crippen molar-refractivity contribution in [3.63, 3.8) is 0 Å². The highest BCUT2D eigenvalue weighted by molar-refractivity contribution is 5.79. The van der Waals surface area contributed by atoms with E-state index in [4.69, 9.17) is 10.8 Å². The van der Waals surface area contributed by atoms with E-state index in [9.17, 15) is 4.79 Å².